The predicted molar refractivity (Wildman–Crippen MR) is 58.0 cm³/mol. The summed E-state index contributed by atoms with van der Waals surface area (Å²) in [5.41, 5.74) is 0. The largest absolute Gasteiger partial charge is 2.00 e. The minimum absolute atomic E-state index is 0. The molecule has 0 aliphatic carbocycles. The summed E-state index contributed by atoms with van der Waals surface area (Å²) in [5.74, 6) is 0. The van der Waals surface area contributed by atoms with Crippen molar-refractivity contribution in [1.29, 1.82) is 0 Å². The van der Waals surface area contributed by atoms with Crippen molar-refractivity contribution in [2.24, 2.45) is 0 Å². The third-order valence-corrected chi connectivity index (χ3v) is 1.74. The molecule has 0 radical (unpaired) electrons. The molecule has 0 aromatic carbocycles. The molecule has 1 nitrogen and oxygen atoms in total. The fourth-order valence-corrected chi connectivity index (χ4v) is 1.30. The van der Waals surface area contributed by atoms with E-state index in [4.69, 9.17) is 0 Å². The molecule has 0 aliphatic rings. The van der Waals surface area contributed by atoms with E-state index in [2.05, 4.69) is 46.4 Å². The van der Waals surface area contributed by atoms with Crippen LogP contribution < -0.4 is 0 Å². The fourth-order valence-electron chi connectivity index (χ4n) is 1.30. The second-order valence-electron chi connectivity index (χ2n) is 3.28. The minimum atomic E-state index is 0. The summed E-state index contributed by atoms with van der Waals surface area (Å²) in [5, 5.41) is 0. The summed E-state index contributed by atoms with van der Waals surface area (Å²) < 4.78 is 0. The van der Waals surface area contributed by atoms with Crippen LogP contribution in [0, 0.1) is 13.8 Å². The van der Waals surface area contributed by atoms with Crippen LogP contribution in [-0.4, -0.2) is 23.5 Å². The summed E-state index contributed by atoms with van der Waals surface area (Å²) in [6.07, 6.45) is 1.01. The zero-order valence-electron chi connectivity index (χ0n) is 10.1. The third-order valence-electron chi connectivity index (χ3n) is 1.74. The Balaban J connectivity index is -0.000000309. The van der Waals surface area contributed by atoms with Gasteiger partial charge in [-0.2, -0.15) is 13.3 Å². The van der Waals surface area contributed by atoms with Gasteiger partial charge in [0.1, 0.15) is 0 Å². The minimum Gasteiger partial charge on any atom is -0.346 e. The van der Waals surface area contributed by atoms with Crippen LogP contribution in [0.25, 0.3) is 0 Å². The maximum atomic E-state index is 3.85. The molecule has 0 rings (SSSR count). The average molecular weight is 237 g/mol. The SMILES string of the molecule is [CH2-]C.[CH2-]CCN(C(C)C)C(C)C.[Zn+2]. The van der Waals surface area contributed by atoms with Crippen molar-refractivity contribution < 1.29 is 19.5 Å². The van der Waals surface area contributed by atoms with Gasteiger partial charge in [0.25, 0.3) is 0 Å². The Hall–Kier alpha value is 0.583. The van der Waals surface area contributed by atoms with E-state index in [9.17, 15) is 0 Å². The van der Waals surface area contributed by atoms with Crippen molar-refractivity contribution in [2.75, 3.05) is 6.54 Å². The summed E-state index contributed by atoms with van der Waals surface area (Å²) in [7, 11) is 0. The van der Waals surface area contributed by atoms with E-state index in [0.29, 0.717) is 12.1 Å². The van der Waals surface area contributed by atoms with Crippen molar-refractivity contribution in [3.63, 3.8) is 0 Å². The van der Waals surface area contributed by atoms with Crippen LogP contribution in [0.3, 0.4) is 0 Å². The van der Waals surface area contributed by atoms with Crippen LogP contribution in [0.5, 0.6) is 0 Å². The van der Waals surface area contributed by atoms with E-state index in [0.717, 1.165) is 13.0 Å². The Bertz CT molecular complexity index is 74.2. The van der Waals surface area contributed by atoms with Crippen molar-refractivity contribution >= 4 is 0 Å². The molecule has 76 valence electrons. The third kappa shape index (κ3) is 10.5. The van der Waals surface area contributed by atoms with Gasteiger partial charge in [-0.3, -0.25) is 0 Å². The second-order valence-corrected chi connectivity index (χ2v) is 3.28. The Morgan fingerprint density at radius 1 is 1.00 bits per heavy atom. The molecule has 13 heavy (non-hydrogen) atoms. The summed E-state index contributed by atoms with van der Waals surface area (Å²) >= 11 is 0. The quantitative estimate of drug-likeness (QED) is 0.535. The Labute approximate surface area is 98.0 Å². The van der Waals surface area contributed by atoms with E-state index in [1.807, 2.05) is 0 Å². The average Bonchev–Trinajstić information content (AvgIpc) is 2.03. The Kier molecular flexibility index (Phi) is 18.6. The van der Waals surface area contributed by atoms with E-state index in [1.54, 1.807) is 6.92 Å². The van der Waals surface area contributed by atoms with Gasteiger partial charge in [0.2, 0.25) is 0 Å². The molecule has 0 spiro atoms. The van der Waals surface area contributed by atoms with Crippen LogP contribution in [0.2, 0.25) is 0 Å². The van der Waals surface area contributed by atoms with Gasteiger partial charge < -0.3 is 18.7 Å². The summed E-state index contributed by atoms with van der Waals surface area (Å²) in [6.45, 7) is 18.9. The molecule has 0 bridgehead atoms. The van der Waals surface area contributed by atoms with E-state index >= 15 is 0 Å². The smallest absolute Gasteiger partial charge is 0.346 e. The first-order valence-electron chi connectivity index (χ1n) is 4.85. The molecular formula is C11H25NZn. The van der Waals surface area contributed by atoms with Crippen molar-refractivity contribution in [3.8, 4) is 0 Å². The number of hydrogen-bond donors (Lipinski definition) is 0. The van der Waals surface area contributed by atoms with Crippen molar-refractivity contribution in [3.05, 3.63) is 13.8 Å². The summed E-state index contributed by atoms with van der Waals surface area (Å²) in [6, 6.07) is 1.31. The van der Waals surface area contributed by atoms with Gasteiger partial charge in [-0.05, 0) is 34.2 Å². The maximum absolute atomic E-state index is 3.85. The molecule has 2 heteroatoms. The molecule has 0 N–H and O–H groups in total. The molecule has 0 saturated heterocycles. The molecule has 0 atom stereocenters. The maximum Gasteiger partial charge on any atom is 2.00 e. The molecule has 0 aromatic heterocycles. The zero-order valence-corrected chi connectivity index (χ0v) is 13.1. The van der Waals surface area contributed by atoms with E-state index in [1.165, 1.54) is 0 Å². The van der Waals surface area contributed by atoms with Crippen LogP contribution in [0.15, 0.2) is 0 Å². The zero-order chi connectivity index (χ0) is 10.1. The van der Waals surface area contributed by atoms with Crippen LogP contribution >= 0.6 is 0 Å². The summed E-state index contributed by atoms with van der Waals surface area (Å²) in [4.78, 5) is 2.45. The Morgan fingerprint density at radius 2 is 1.31 bits per heavy atom. The van der Waals surface area contributed by atoms with Gasteiger partial charge in [-0.1, -0.05) is 0 Å². The molecule has 0 aromatic rings. The molecule has 0 amide bonds. The molecule has 0 saturated carbocycles. The van der Waals surface area contributed by atoms with Crippen molar-refractivity contribution in [1.82, 2.24) is 4.90 Å². The van der Waals surface area contributed by atoms with Crippen LogP contribution in [-0.2, 0) is 19.5 Å². The molecule has 0 aliphatic heterocycles. The Morgan fingerprint density at radius 3 is 1.38 bits per heavy atom. The first kappa shape index (κ1) is 19.2. The van der Waals surface area contributed by atoms with Crippen LogP contribution in [0.1, 0.15) is 41.0 Å². The van der Waals surface area contributed by atoms with Gasteiger partial charge in [0.15, 0.2) is 0 Å². The molecule has 0 unspecified atom stereocenters. The normalized spacial score (nSPS) is 9.69. The van der Waals surface area contributed by atoms with Crippen molar-refractivity contribution in [2.45, 2.75) is 53.1 Å². The number of rotatable bonds is 4. The number of nitrogens with zero attached hydrogens (tertiary/aromatic N) is 1. The second kappa shape index (κ2) is 12.6. The van der Waals surface area contributed by atoms with E-state index in [-0.39, 0.29) is 19.5 Å². The van der Waals surface area contributed by atoms with Gasteiger partial charge >= 0.3 is 19.5 Å². The van der Waals surface area contributed by atoms with Crippen LogP contribution in [0.4, 0.5) is 0 Å². The first-order valence-corrected chi connectivity index (χ1v) is 4.85. The number of hydrogen-bond acceptors (Lipinski definition) is 1. The molecular weight excluding hydrogens is 212 g/mol. The molecule has 0 fully saturated rings. The molecule has 0 heterocycles. The van der Waals surface area contributed by atoms with Gasteiger partial charge in [0.05, 0.1) is 0 Å². The standard InChI is InChI=1S/C9H20N.C2H5.Zn/c1-6-7-10(8(2)3)9(4)5;1-2;/h8-9H,1,6-7H2,2-5H3;1H2,2H3;/q2*-1;+2. The van der Waals surface area contributed by atoms with Gasteiger partial charge in [0, 0.05) is 12.1 Å². The topological polar surface area (TPSA) is 3.24 Å². The van der Waals surface area contributed by atoms with Gasteiger partial charge in [-0.15, -0.1) is 0 Å². The predicted octanol–water partition coefficient (Wildman–Crippen LogP) is 3.17. The first-order chi connectivity index (χ1) is 5.59. The van der Waals surface area contributed by atoms with E-state index < -0.39 is 0 Å². The fraction of sp³-hybridized carbons (Fsp3) is 0.818. The monoisotopic (exact) mass is 235 g/mol. The van der Waals surface area contributed by atoms with Gasteiger partial charge in [-0.25, -0.2) is 0 Å².